The van der Waals surface area contributed by atoms with Gasteiger partial charge in [-0.05, 0) is 43.0 Å². The number of furan rings is 1. The summed E-state index contributed by atoms with van der Waals surface area (Å²) in [5.41, 5.74) is 3.29. The molecule has 1 aliphatic carbocycles. The van der Waals surface area contributed by atoms with E-state index in [1.165, 1.54) is 12.1 Å². The van der Waals surface area contributed by atoms with Crippen LogP contribution >= 0.6 is 0 Å². The molecule has 0 fully saturated rings. The van der Waals surface area contributed by atoms with E-state index in [0.29, 0.717) is 5.58 Å². The Morgan fingerprint density at radius 1 is 1.13 bits per heavy atom. The van der Waals surface area contributed by atoms with Crippen molar-refractivity contribution < 1.29 is 22.7 Å². The van der Waals surface area contributed by atoms with Crippen molar-refractivity contribution in [3.8, 4) is 0 Å². The van der Waals surface area contributed by atoms with Gasteiger partial charge in [0.2, 0.25) is 10.0 Å². The third-order valence-corrected chi connectivity index (χ3v) is 7.40. The van der Waals surface area contributed by atoms with E-state index in [2.05, 4.69) is 9.71 Å². The van der Waals surface area contributed by atoms with E-state index in [0.717, 1.165) is 58.9 Å². The molecule has 0 aliphatic heterocycles. The molecular formula is C23H22N2O5S. The molecule has 1 aliphatic rings. The smallest absolute Gasteiger partial charge is 0.322 e. The minimum absolute atomic E-state index is 0.00345. The van der Waals surface area contributed by atoms with Gasteiger partial charge in [0.1, 0.15) is 17.4 Å². The SMILES string of the molecule is O=C(O)[C@@H](Cc1c[nH]c2ccccc12)NS(=O)(=O)c1ccc2c3c(oc2c1)CCCC3. The predicted molar refractivity (Wildman–Crippen MR) is 117 cm³/mol. The average molecular weight is 439 g/mol. The van der Waals surface area contributed by atoms with E-state index in [-0.39, 0.29) is 11.3 Å². The summed E-state index contributed by atoms with van der Waals surface area (Å²) in [6, 6.07) is 11.0. The van der Waals surface area contributed by atoms with Crippen LogP contribution in [0.5, 0.6) is 0 Å². The zero-order valence-electron chi connectivity index (χ0n) is 16.7. The molecule has 0 bridgehead atoms. The highest BCUT2D eigenvalue weighted by Crippen LogP contribution is 2.33. The second-order valence-electron chi connectivity index (χ2n) is 7.94. The number of aromatic nitrogens is 1. The molecule has 0 spiro atoms. The van der Waals surface area contributed by atoms with Gasteiger partial charge in [-0.15, -0.1) is 0 Å². The number of para-hydroxylation sites is 1. The minimum Gasteiger partial charge on any atom is -0.480 e. The number of carboxylic acids is 1. The molecule has 4 aromatic rings. The standard InChI is InChI=1S/C23H22N2O5S/c26-23(27)20(11-14-13-24-19-7-3-1-5-16(14)19)25-31(28,29)15-9-10-18-17-6-2-4-8-21(17)30-22(18)12-15/h1,3,5,7,9-10,12-13,20,24-25H,2,4,6,8,11H2,(H,26,27)/t20-/m1/s1. The molecule has 0 amide bonds. The molecule has 2 aromatic carbocycles. The third-order valence-electron chi connectivity index (χ3n) is 5.93. The Morgan fingerprint density at radius 3 is 2.77 bits per heavy atom. The summed E-state index contributed by atoms with van der Waals surface area (Å²) in [6.45, 7) is 0. The minimum atomic E-state index is -4.05. The number of carbonyl (C=O) groups is 1. The number of hydrogen-bond acceptors (Lipinski definition) is 4. The highest BCUT2D eigenvalue weighted by atomic mass is 32.2. The lowest BCUT2D eigenvalue weighted by molar-refractivity contribution is -0.138. The lowest BCUT2D eigenvalue weighted by Crippen LogP contribution is -2.42. The predicted octanol–water partition coefficient (Wildman–Crippen LogP) is 3.77. The fourth-order valence-electron chi connectivity index (χ4n) is 4.37. The highest BCUT2D eigenvalue weighted by Gasteiger charge is 2.28. The number of fused-ring (bicyclic) bond motifs is 4. The first-order valence-corrected chi connectivity index (χ1v) is 11.7. The number of rotatable bonds is 6. The Bertz CT molecular complexity index is 1400. The molecule has 160 valence electrons. The van der Waals surface area contributed by atoms with Gasteiger partial charge in [-0.3, -0.25) is 4.79 Å². The van der Waals surface area contributed by atoms with E-state index in [4.69, 9.17) is 4.42 Å². The molecule has 0 unspecified atom stereocenters. The first-order chi connectivity index (χ1) is 14.9. The number of hydrogen-bond donors (Lipinski definition) is 3. The van der Waals surface area contributed by atoms with Crippen LogP contribution in [0.2, 0.25) is 0 Å². The van der Waals surface area contributed by atoms with Crippen molar-refractivity contribution in [2.24, 2.45) is 0 Å². The van der Waals surface area contributed by atoms with Gasteiger partial charge in [-0.1, -0.05) is 18.2 Å². The lowest BCUT2D eigenvalue weighted by Gasteiger charge is -2.15. The van der Waals surface area contributed by atoms with E-state index in [1.54, 1.807) is 12.3 Å². The molecule has 8 heteroatoms. The maximum atomic E-state index is 13.0. The topological polar surface area (TPSA) is 112 Å². The Labute approximate surface area is 179 Å². The molecule has 5 rings (SSSR count). The monoisotopic (exact) mass is 438 g/mol. The van der Waals surface area contributed by atoms with Gasteiger partial charge < -0.3 is 14.5 Å². The number of aliphatic carboxylic acids is 1. The van der Waals surface area contributed by atoms with Gasteiger partial charge >= 0.3 is 5.97 Å². The number of benzene rings is 2. The number of carboxylic acid groups (broad SMARTS) is 1. The fraction of sp³-hybridized carbons (Fsp3) is 0.261. The normalized spacial score (nSPS) is 15.2. The van der Waals surface area contributed by atoms with E-state index < -0.39 is 22.0 Å². The Balaban J connectivity index is 1.44. The van der Waals surface area contributed by atoms with Crippen LogP contribution < -0.4 is 4.72 Å². The summed E-state index contributed by atoms with van der Waals surface area (Å²) in [6.07, 6.45) is 5.68. The van der Waals surface area contributed by atoms with Gasteiger partial charge in [0.25, 0.3) is 0 Å². The number of nitrogens with one attached hydrogen (secondary N) is 2. The summed E-state index contributed by atoms with van der Waals surface area (Å²) in [7, 11) is -4.05. The molecule has 1 atom stereocenters. The van der Waals surface area contributed by atoms with Crippen LogP contribution in [0, 0.1) is 0 Å². The summed E-state index contributed by atoms with van der Waals surface area (Å²) in [5, 5.41) is 11.5. The Hall–Kier alpha value is -3.10. The molecule has 0 radical (unpaired) electrons. The first kappa shape index (κ1) is 19.8. The van der Waals surface area contributed by atoms with Gasteiger partial charge in [0.05, 0.1) is 4.90 Å². The largest absolute Gasteiger partial charge is 0.480 e. The molecule has 2 heterocycles. The van der Waals surface area contributed by atoms with Crippen molar-refractivity contribution in [3.05, 3.63) is 65.5 Å². The van der Waals surface area contributed by atoms with Crippen molar-refractivity contribution in [2.45, 2.75) is 43.0 Å². The molecule has 0 saturated heterocycles. The van der Waals surface area contributed by atoms with Crippen LogP contribution in [0.15, 0.2) is 58.0 Å². The van der Waals surface area contributed by atoms with E-state index >= 15 is 0 Å². The van der Waals surface area contributed by atoms with Crippen molar-refractivity contribution in [1.82, 2.24) is 9.71 Å². The number of sulfonamides is 1. The molecular weight excluding hydrogens is 416 g/mol. The zero-order chi connectivity index (χ0) is 21.6. The Morgan fingerprint density at radius 2 is 1.94 bits per heavy atom. The summed E-state index contributed by atoms with van der Waals surface area (Å²) in [5.74, 6) is -0.310. The van der Waals surface area contributed by atoms with Crippen LogP contribution in [0.4, 0.5) is 0 Å². The van der Waals surface area contributed by atoms with Gasteiger partial charge in [-0.2, -0.15) is 4.72 Å². The van der Waals surface area contributed by atoms with E-state index in [1.807, 2.05) is 24.3 Å². The van der Waals surface area contributed by atoms with Crippen LogP contribution in [0.3, 0.4) is 0 Å². The maximum Gasteiger partial charge on any atom is 0.322 e. The van der Waals surface area contributed by atoms with Crippen molar-refractivity contribution >= 4 is 37.9 Å². The maximum absolute atomic E-state index is 13.0. The lowest BCUT2D eigenvalue weighted by atomic mass is 9.96. The number of aryl methyl sites for hydroxylation is 2. The number of aromatic amines is 1. The molecule has 2 aromatic heterocycles. The van der Waals surface area contributed by atoms with Crippen LogP contribution in [0.1, 0.15) is 29.7 Å². The third kappa shape index (κ3) is 3.62. The number of H-pyrrole nitrogens is 1. The van der Waals surface area contributed by atoms with E-state index in [9.17, 15) is 18.3 Å². The Kier molecular flexibility index (Phi) is 4.83. The first-order valence-electron chi connectivity index (χ1n) is 10.3. The quantitative estimate of drug-likeness (QED) is 0.424. The molecule has 0 saturated carbocycles. The second kappa shape index (κ2) is 7.55. The van der Waals surface area contributed by atoms with Gasteiger partial charge in [-0.25, -0.2) is 8.42 Å². The summed E-state index contributed by atoms with van der Waals surface area (Å²) < 4.78 is 34.3. The average Bonchev–Trinajstić information content (AvgIpc) is 3.34. The zero-order valence-corrected chi connectivity index (χ0v) is 17.5. The molecule has 3 N–H and O–H groups in total. The van der Waals surface area contributed by atoms with Crippen LogP contribution in [0.25, 0.3) is 21.9 Å². The highest BCUT2D eigenvalue weighted by molar-refractivity contribution is 7.89. The second-order valence-corrected chi connectivity index (χ2v) is 9.66. The van der Waals surface area contributed by atoms with Gasteiger partial charge in [0, 0.05) is 47.0 Å². The fourth-order valence-corrected chi connectivity index (χ4v) is 5.57. The van der Waals surface area contributed by atoms with Gasteiger partial charge in [0.15, 0.2) is 0 Å². The summed E-state index contributed by atoms with van der Waals surface area (Å²) in [4.78, 5) is 14.9. The van der Waals surface area contributed by atoms with Crippen molar-refractivity contribution in [1.29, 1.82) is 0 Å². The van der Waals surface area contributed by atoms with Crippen molar-refractivity contribution in [3.63, 3.8) is 0 Å². The van der Waals surface area contributed by atoms with Crippen LogP contribution in [-0.4, -0.2) is 30.5 Å². The summed E-state index contributed by atoms with van der Waals surface area (Å²) >= 11 is 0. The van der Waals surface area contributed by atoms with Crippen molar-refractivity contribution in [2.75, 3.05) is 0 Å². The molecule has 31 heavy (non-hydrogen) atoms. The van der Waals surface area contributed by atoms with Crippen LogP contribution in [-0.2, 0) is 34.1 Å². The molecule has 7 nitrogen and oxygen atoms in total.